The number of nitrogens with zero attached hydrogens (tertiary/aromatic N) is 3. The molecular weight excluding hydrogens is 318 g/mol. The first kappa shape index (κ1) is 15.9. The van der Waals surface area contributed by atoms with E-state index in [1.807, 2.05) is 29.2 Å². The fourth-order valence-electron chi connectivity index (χ4n) is 3.83. The largest absolute Gasteiger partial charge is 0.467 e. The molecule has 0 radical (unpaired) electrons. The molecule has 2 amide bonds. The molecule has 0 bridgehead atoms. The van der Waals surface area contributed by atoms with E-state index in [0.29, 0.717) is 13.1 Å². The molecule has 2 aromatic rings. The third kappa shape index (κ3) is 3.16. The van der Waals surface area contributed by atoms with Crippen LogP contribution < -0.4 is 0 Å². The number of pyridine rings is 1. The van der Waals surface area contributed by atoms with Gasteiger partial charge < -0.3 is 14.2 Å². The maximum Gasteiger partial charge on any atom is 0.228 e. The zero-order valence-electron chi connectivity index (χ0n) is 14.0. The summed E-state index contributed by atoms with van der Waals surface area (Å²) in [5.41, 5.74) is 0.935. The topological polar surface area (TPSA) is 66.7 Å². The maximum atomic E-state index is 13.0. The van der Waals surface area contributed by atoms with Crippen molar-refractivity contribution in [3.8, 4) is 0 Å². The Hall–Kier alpha value is -2.63. The zero-order chi connectivity index (χ0) is 17.2. The molecule has 6 heteroatoms. The minimum atomic E-state index is -0.272. The lowest BCUT2D eigenvalue weighted by atomic mass is 10.1. The standard InChI is InChI=1S/C19H21N3O3/c23-18-11-14(12-21(18)13-15-5-4-10-25-15)19(24)22-9-3-7-17(22)16-6-1-2-8-20-16/h1-2,4-6,8,10,14,17H,3,7,9,11-13H2/t14-,17+/m0/s1. The van der Waals surface area contributed by atoms with Crippen LogP contribution in [0.15, 0.2) is 47.2 Å². The van der Waals surface area contributed by atoms with Gasteiger partial charge in [0.2, 0.25) is 11.8 Å². The highest BCUT2D eigenvalue weighted by molar-refractivity contribution is 5.89. The van der Waals surface area contributed by atoms with Gasteiger partial charge in [-0.25, -0.2) is 0 Å². The van der Waals surface area contributed by atoms with Crippen molar-refractivity contribution in [2.75, 3.05) is 13.1 Å². The van der Waals surface area contributed by atoms with Gasteiger partial charge in [0.1, 0.15) is 5.76 Å². The van der Waals surface area contributed by atoms with E-state index in [9.17, 15) is 9.59 Å². The van der Waals surface area contributed by atoms with Crippen LogP contribution in [0.1, 0.15) is 36.8 Å². The van der Waals surface area contributed by atoms with Crippen molar-refractivity contribution in [2.45, 2.75) is 31.8 Å². The Labute approximate surface area is 146 Å². The van der Waals surface area contributed by atoms with Gasteiger partial charge in [0.15, 0.2) is 0 Å². The molecule has 0 spiro atoms. The highest BCUT2D eigenvalue weighted by atomic mass is 16.3. The van der Waals surface area contributed by atoms with Gasteiger partial charge >= 0.3 is 0 Å². The summed E-state index contributed by atoms with van der Waals surface area (Å²) in [4.78, 5) is 33.3. The summed E-state index contributed by atoms with van der Waals surface area (Å²) in [7, 11) is 0. The second-order valence-electron chi connectivity index (χ2n) is 6.70. The Kier molecular flexibility index (Phi) is 4.26. The molecule has 6 nitrogen and oxygen atoms in total. The number of likely N-dealkylation sites (tertiary alicyclic amines) is 2. The molecule has 0 unspecified atom stereocenters. The Morgan fingerprint density at radius 2 is 2.20 bits per heavy atom. The van der Waals surface area contributed by atoms with Crippen LogP contribution in [0.5, 0.6) is 0 Å². The normalized spacial score (nSPS) is 23.4. The van der Waals surface area contributed by atoms with E-state index < -0.39 is 0 Å². The van der Waals surface area contributed by atoms with Crippen molar-refractivity contribution >= 4 is 11.8 Å². The SMILES string of the molecule is O=C1C[C@H](C(=O)N2CCC[C@@H]2c2ccccn2)CN1Cc1ccco1. The fourth-order valence-corrected chi connectivity index (χ4v) is 3.83. The van der Waals surface area contributed by atoms with E-state index in [2.05, 4.69) is 4.98 Å². The van der Waals surface area contributed by atoms with Gasteiger partial charge in [-0.1, -0.05) is 6.07 Å². The predicted molar refractivity (Wildman–Crippen MR) is 90.2 cm³/mol. The number of carbonyl (C=O) groups excluding carboxylic acids is 2. The first-order valence-electron chi connectivity index (χ1n) is 8.74. The number of hydrogen-bond acceptors (Lipinski definition) is 4. The number of rotatable bonds is 4. The molecule has 2 atom stereocenters. The lowest BCUT2D eigenvalue weighted by molar-refractivity contribution is -0.136. The number of hydrogen-bond donors (Lipinski definition) is 0. The van der Waals surface area contributed by atoms with Crippen molar-refractivity contribution in [3.63, 3.8) is 0 Å². The summed E-state index contributed by atoms with van der Waals surface area (Å²) in [5, 5.41) is 0. The summed E-state index contributed by atoms with van der Waals surface area (Å²) < 4.78 is 5.32. The van der Waals surface area contributed by atoms with Crippen LogP contribution >= 0.6 is 0 Å². The summed E-state index contributed by atoms with van der Waals surface area (Å²) in [5.74, 6) is 0.563. The van der Waals surface area contributed by atoms with E-state index in [-0.39, 0.29) is 30.2 Å². The first-order chi connectivity index (χ1) is 12.2. The third-order valence-corrected chi connectivity index (χ3v) is 5.06. The fraction of sp³-hybridized carbons (Fsp3) is 0.421. The van der Waals surface area contributed by atoms with Crippen LogP contribution in [0, 0.1) is 5.92 Å². The van der Waals surface area contributed by atoms with E-state index >= 15 is 0 Å². The Morgan fingerprint density at radius 3 is 2.96 bits per heavy atom. The van der Waals surface area contributed by atoms with Gasteiger partial charge in [-0.3, -0.25) is 14.6 Å². The lowest BCUT2D eigenvalue weighted by Gasteiger charge is -2.27. The minimum absolute atomic E-state index is 0.0170. The predicted octanol–water partition coefficient (Wildman–Crippen LogP) is 2.39. The zero-order valence-corrected chi connectivity index (χ0v) is 14.0. The Bertz CT molecular complexity index is 745. The highest BCUT2D eigenvalue weighted by Crippen LogP contribution is 2.33. The van der Waals surface area contributed by atoms with E-state index in [1.54, 1.807) is 23.4 Å². The number of furan rings is 1. The lowest BCUT2D eigenvalue weighted by Crippen LogP contribution is -2.37. The Balaban J connectivity index is 1.45. The molecule has 0 aromatic carbocycles. The second-order valence-corrected chi connectivity index (χ2v) is 6.70. The number of carbonyl (C=O) groups is 2. The van der Waals surface area contributed by atoms with Gasteiger partial charge in [-0.2, -0.15) is 0 Å². The molecule has 0 saturated carbocycles. The monoisotopic (exact) mass is 339 g/mol. The molecule has 4 rings (SSSR count). The third-order valence-electron chi connectivity index (χ3n) is 5.06. The van der Waals surface area contributed by atoms with Gasteiger partial charge in [-0.15, -0.1) is 0 Å². The van der Waals surface area contributed by atoms with Gasteiger partial charge in [0.05, 0.1) is 30.5 Å². The van der Waals surface area contributed by atoms with Crippen LogP contribution in [0.25, 0.3) is 0 Å². The van der Waals surface area contributed by atoms with Gasteiger partial charge in [-0.05, 0) is 37.1 Å². The number of aromatic nitrogens is 1. The maximum absolute atomic E-state index is 13.0. The van der Waals surface area contributed by atoms with Crippen LogP contribution in [0.3, 0.4) is 0 Å². The van der Waals surface area contributed by atoms with Crippen molar-refractivity contribution in [2.24, 2.45) is 5.92 Å². The first-order valence-corrected chi connectivity index (χ1v) is 8.74. The van der Waals surface area contributed by atoms with E-state index in [4.69, 9.17) is 4.42 Å². The summed E-state index contributed by atoms with van der Waals surface area (Å²) in [6.07, 6.45) is 5.55. The molecule has 2 aromatic heterocycles. The molecule has 2 fully saturated rings. The Morgan fingerprint density at radius 1 is 1.28 bits per heavy atom. The quantitative estimate of drug-likeness (QED) is 0.858. The van der Waals surface area contributed by atoms with E-state index in [1.165, 1.54) is 0 Å². The van der Waals surface area contributed by atoms with Gasteiger partial charge in [0, 0.05) is 25.7 Å². The molecule has 0 aliphatic carbocycles. The average Bonchev–Trinajstić information content (AvgIpc) is 3.37. The van der Waals surface area contributed by atoms with Crippen molar-refractivity contribution in [3.05, 3.63) is 54.2 Å². The highest BCUT2D eigenvalue weighted by Gasteiger charge is 2.40. The molecule has 4 heterocycles. The molecule has 130 valence electrons. The second kappa shape index (κ2) is 6.70. The van der Waals surface area contributed by atoms with Crippen molar-refractivity contribution in [1.82, 2.24) is 14.8 Å². The van der Waals surface area contributed by atoms with Crippen molar-refractivity contribution in [1.29, 1.82) is 0 Å². The molecular formula is C19H21N3O3. The van der Waals surface area contributed by atoms with Crippen LogP contribution in [-0.4, -0.2) is 39.7 Å². The van der Waals surface area contributed by atoms with Crippen LogP contribution in [-0.2, 0) is 16.1 Å². The molecule has 0 N–H and O–H groups in total. The number of amides is 2. The van der Waals surface area contributed by atoms with Crippen LogP contribution in [0.2, 0.25) is 0 Å². The van der Waals surface area contributed by atoms with Crippen LogP contribution in [0.4, 0.5) is 0 Å². The van der Waals surface area contributed by atoms with Crippen molar-refractivity contribution < 1.29 is 14.0 Å². The van der Waals surface area contributed by atoms with E-state index in [0.717, 1.165) is 30.8 Å². The summed E-state index contributed by atoms with van der Waals surface area (Å²) >= 11 is 0. The smallest absolute Gasteiger partial charge is 0.228 e. The summed E-state index contributed by atoms with van der Waals surface area (Å²) in [6, 6.07) is 9.49. The van der Waals surface area contributed by atoms with Gasteiger partial charge in [0.25, 0.3) is 0 Å². The molecule has 25 heavy (non-hydrogen) atoms. The average molecular weight is 339 g/mol. The minimum Gasteiger partial charge on any atom is -0.467 e. The molecule has 2 saturated heterocycles. The molecule has 2 aliphatic rings. The molecule has 2 aliphatic heterocycles. The summed E-state index contributed by atoms with van der Waals surface area (Å²) in [6.45, 7) is 1.63.